The van der Waals surface area contributed by atoms with Gasteiger partial charge in [0.1, 0.15) is 17.4 Å². The molecule has 42 heavy (non-hydrogen) atoms. The first-order valence-electron chi connectivity index (χ1n) is 14.5. The van der Waals surface area contributed by atoms with Crippen LogP contribution in [0.4, 0.5) is 0 Å². The molecule has 3 aromatic carbocycles. The highest BCUT2D eigenvalue weighted by Crippen LogP contribution is 2.44. The van der Waals surface area contributed by atoms with Crippen LogP contribution in [0.15, 0.2) is 48.7 Å². The molecule has 5 aromatic rings. The molecule has 0 bridgehead atoms. The quantitative estimate of drug-likeness (QED) is 0.253. The summed E-state index contributed by atoms with van der Waals surface area (Å²) in [6, 6.07) is 14.6. The molecule has 2 N–H and O–H groups in total. The van der Waals surface area contributed by atoms with Gasteiger partial charge in [0.25, 0.3) is 0 Å². The fourth-order valence-corrected chi connectivity index (χ4v) is 6.40. The number of hydrogen-bond acceptors (Lipinski definition) is 6. The van der Waals surface area contributed by atoms with E-state index in [2.05, 4.69) is 69.6 Å². The third-order valence-electron chi connectivity index (χ3n) is 9.04. The van der Waals surface area contributed by atoms with E-state index in [0.29, 0.717) is 6.54 Å². The molecule has 1 aliphatic heterocycles. The second-order valence-corrected chi connectivity index (χ2v) is 12.2. The van der Waals surface area contributed by atoms with Crippen molar-refractivity contribution in [3.8, 4) is 5.75 Å². The maximum atomic E-state index is 12.7. The summed E-state index contributed by atoms with van der Waals surface area (Å²) in [5.41, 5.74) is 8.02. The highest BCUT2D eigenvalue weighted by molar-refractivity contribution is 5.84. The standard InChI is InChI=1S/C33H38N6O3/c1-7-24-17-39(18-26-28(42-24)13-10-22-15-34-35-31(22)26)16-23-14-21(9-8-19(23)2)29(33(4,5)32(40)41)25-11-12-27-30(20(25)3)36-37-38(27)6/h8-15,24,29H,7,16-18H2,1-6H3,(H,34,35)(H,40,41)/t24-,29?/m1/s1. The Balaban J connectivity index is 1.41. The minimum absolute atomic E-state index is 0.0650. The van der Waals surface area contributed by atoms with Crippen molar-refractivity contribution in [1.29, 1.82) is 0 Å². The Labute approximate surface area is 245 Å². The second kappa shape index (κ2) is 10.5. The van der Waals surface area contributed by atoms with E-state index in [0.717, 1.165) is 69.4 Å². The van der Waals surface area contributed by atoms with Crippen molar-refractivity contribution >= 4 is 27.9 Å². The topological polar surface area (TPSA) is 109 Å². The van der Waals surface area contributed by atoms with Crippen LogP contribution in [0.2, 0.25) is 0 Å². The van der Waals surface area contributed by atoms with Gasteiger partial charge in [-0.2, -0.15) is 5.10 Å². The molecular formula is C33H38N6O3. The normalized spacial score (nSPS) is 16.8. The number of aliphatic carboxylic acids is 1. The van der Waals surface area contributed by atoms with Crippen molar-refractivity contribution in [1.82, 2.24) is 30.1 Å². The minimum atomic E-state index is -1.07. The van der Waals surface area contributed by atoms with Crippen LogP contribution < -0.4 is 4.74 Å². The molecule has 0 saturated heterocycles. The SMILES string of the molecule is CC[C@@H]1CN(Cc2cc(C(c3ccc4c(nnn4C)c3C)C(C)(C)C(=O)O)ccc2C)Cc2c(ccc3cn[nH]c23)O1. The fourth-order valence-electron chi connectivity index (χ4n) is 6.40. The molecule has 218 valence electrons. The molecule has 1 aliphatic rings. The van der Waals surface area contributed by atoms with Gasteiger partial charge in [0.15, 0.2) is 0 Å². The van der Waals surface area contributed by atoms with Crippen LogP contribution in [0.3, 0.4) is 0 Å². The number of aromatic amines is 1. The van der Waals surface area contributed by atoms with Gasteiger partial charge in [-0.25, -0.2) is 4.68 Å². The Hall–Kier alpha value is -4.24. The zero-order valence-electron chi connectivity index (χ0n) is 25.1. The first-order valence-corrected chi connectivity index (χ1v) is 14.5. The monoisotopic (exact) mass is 566 g/mol. The molecule has 0 fully saturated rings. The summed E-state index contributed by atoms with van der Waals surface area (Å²) in [4.78, 5) is 15.1. The summed E-state index contributed by atoms with van der Waals surface area (Å²) in [5, 5.41) is 27.5. The van der Waals surface area contributed by atoms with Gasteiger partial charge in [-0.15, -0.1) is 5.10 Å². The van der Waals surface area contributed by atoms with Crippen LogP contribution in [-0.2, 0) is 24.9 Å². The highest BCUT2D eigenvalue weighted by atomic mass is 16.5. The number of benzene rings is 3. The third-order valence-corrected chi connectivity index (χ3v) is 9.04. The van der Waals surface area contributed by atoms with Crippen LogP contribution >= 0.6 is 0 Å². The average molecular weight is 567 g/mol. The number of nitrogens with one attached hydrogen (secondary N) is 1. The van der Waals surface area contributed by atoms with Crippen molar-refractivity contribution in [2.75, 3.05) is 6.54 Å². The van der Waals surface area contributed by atoms with Crippen LogP contribution in [0.5, 0.6) is 5.75 Å². The summed E-state index contributed by atoms with van der Waals surface area (Å²) >= 11 is 0. The molecule has 0 amide bonds. The molecule has 6 rings (SSSR count). The Morgan fingerprint density at radius 2 is 2.00 bits per heavy atom. The summed E-state index contributed by atoms with van der Waals surface area (Å²) in [7, 11) is 1.87. The van der Waals surface area contributed by atoms with E-state index in [1.807, 2.05) is 46.1 Å². The predicted molar refractivity (Wildman–Crippen MR) is 163 cm³/mol. The lowest BCUT2D eigenvalue weighted by Crippen LogP contribution is -2.33. The van der Waals surface area contributed by atoms with E-state index >= 15 is 0 Å². The molecule has 9 heteroatoms. The van der Waals surface area contributed by atoms with E-state index in [9.17, 15) is 9.90 Å². The van der Waals surface area contributed by atoms with Crippen LogP contribution in [0.1, 0.15) is 66.5 Å². The number of carboxylic acid groups (broad SMARTS) is 1. The number of H-pyrrole nitrogens is 1. The molecule has 2 atom stereocenters. The molecule has 0 spiro atoms. The van der Waals surface area contributed by atoms with Gasteiger partial charge in [0.2, 0.25) is 0 Å². The molecule has 0 radical (unpaired) electrons. The molecule has 9 nitrogen and oxygen atoms in total. The summed E-state index contributed by atoms with van der Waals surface area (Å²) in [6.45, 7) is 12.1. The van der Waals surface area contributed by atoms with Crippen molar-refractivity contribution in [2.24, 2.45) is 12.5 Å². The van der Waals surface area contributed by atoms with Crippen molar-refractivity contribution in [3.05, 3.63) is 82.0 Å². The van der Waals surface area contributed by atoms with Gasteiger partial charge in [-0.3, -0.25) is 14.8 Å². The number of fused-ring (bicyclic) bond motifs is 4. The largest absolute Gasteiger partial charge is 0.489 e. The lowest BCUT2D eigenvalue weighted by molar-refractivity contribution is -0.147. The van der Waals surface area contributed by atoms with Gasteiger partial charge in [0.05, 0.1) is 22.6 Å². The van der Waals surface area contributed by atoms with Gasteiger partial charge < -0.3 is 9.84 Å². The Morgan fingerprint density at radius 1 is 1.19 bits per heavy atom. The fraction of sp³-hybridized carbons (Fsp3) is 0.394. The van der Waals surface area contributed by atoms with Crippen molar-refractivity contribution in [3.63, 3.8) is 0 Å². The number of rotatable bonds is 7. The maximum Gasteiger partial charge on any atom is 0.310 e. The zero-order valence-corrected chi connectivity index (χ0v) is 25.1. The smallest absolute Gasteiger partial charge is 0.310 e. The van der Waals surface area contributed by atoms with Gasteiger partial charge in [0, 0.05) is 43.5 Å². The first kappa shape index (κ1) is 27.9. The number of carboxylic acids is 1. The number of aryl methyl sites for hydroxylation is 3. The van der Waals surface area contributed by atoms with E-state index in [1.54, 1.807) is 4.68 Å². The third kappa shape index (κ3) is 4.71. The van der Waals surface area contributed by atoms with E-state index in [4.69, 9.17) is 4.74 Å². The summed E-state index contributed by atoms with van der Waals surface area (Å²) < 4.78 is 8.20. The molecular weight excluding hydrogens is 528 g/mol. The summed E-state index contributed by atoms with van der Waals surface area (Å²) in [5.74, 6) is -0.324. The number of nitrogens with zero attached hydrogens (tertiary/aromatic N) is 5. The zero-order chi connectivity index (χ0) is 29.8. The van der Waals surface area contributed by atoms with Crippen molar-refractivity contribution in [2.45, 2.75) is 66.2 Å². The molecule has 0 saturated carbocycles. The number of hydrogen-bond donors (Lipinski definition) is 2. The second-order valence-electron chi connectivity index (χ2n) is 12.2. The predicted octanol–water partition coefficient (Wildman–Crippen LogP) is 5.88. The minimum Gasteiger partial charge on any atom is -0.489 e. The summed E-state index contributed by atoms with van der Waals surface area (Å²) in [6.07, 6.45) is 2.81. The number of carbonyl (C=O) groups is 1. The molecule has 0 aliphatic carbocycles. The van der Waals surface area contributed by atoms with Crippen LogP contribution in [0.25, 0.3) is 21.9 Å². The van der Waals surface area contributed by atoms with Crippen molar-refractivity contribution < 1.29 is 14.6 Å². The van der Waals surface area contributed by atoms with E-state index < -0.39 is 11.4 Å². The lowest BCUT2D eigenvalue weighted by Gasteiger charge is -2.33. The van der Waals surface area contributed by atoms with E-state index in [-0.39, 0.29) is 12.0 Å². The van der Waals surface area contributed by atoms with Gasteiger partial charge in [-0.1, -0.05) is 36.4 Å². The van der Waals surface area contributed by atoms with Gasteiger partial charge in [-0.05, 0) is 80.1 Å². The highest BCUT2D eigenvalue weighted by Gasteiger charge is 2.40. The van der Waals surface area contributed by atoms with Gasteiger partial charge >= 0.3 is 5.97 Å². The average Bonchev–Trinajstić information content (AvgIpc) is 3.54. The van der Waals surface area contributed by atoms with Crippen LogP contribution in [0, 0.1) is 19.3 Å². The molecule has 2 aromatic heterocycles. The molecule has 3 heterocycles. The Morgan fingerprint density at radius 3 is 2.76 bits per heavy atom. The first-order chi connectivity index (χ1) is 20.1. The Bertz CT molecular complexity index is 1800. The number of ether oxygens (including phenoxy) is 1. The maximum absolute atomic E-state index is 12.7. The molecule has 1 unspecified atom stereocenters. The van der Waals surface area contributed by atoms with Crippen LogP contribution in [-0.4, -0.2) is 53.8 Å². The Kier molecular flexibility index (Phi) is 7.01. The van der Waals surface area contributed by atoms with E-state index in [1.165, 1.54) is 11.1 Å². The number of aromatic nitrogens is 5. The lowest BCUT2D eigenvalue weighted by atomic mass is 9.69.